The minimum absolute atomic E-state index is 0. The van der Waals surface area contributed by atoms with Crippen LogP contribution in [0.15, 0.2) is 24.3 Å². The summed E-state index contributed by atoms with van der Waals surface area (Å²) in [5.41, 5.74) is 9.92. The van der Waals surface area contributed by atoms with Crippen molar-refractivity contribution < 1.29 is 22.8 Å². The molecule has 3 fully saturated rings. The van der Waals surface area contributed by atoms with E-state index in [0.29, 0.717) is 24.8 Å². The van der Waals surface area contributed by atoms with E-state index in [9.17, 15) is 22.8 Å². The number of nitrogens with two attached hydrogens (primary N) is 2. The summed E-state index contributed by atoms with van der Waals surface area (Å²) in [6, 6.07) is 4.04. The van der Waals surface area contributed by atoms with Crippen LogP contribution in [0.3, 0.4) is 0 Å². The lowest BCUT2D eigenvalue weighted by Gasteiger charge is -2.72. The molecule has 0 aromatic heterocycles. The molecule has 1 aromatic carbocycles. The Labute approximate surface area is 154 Å². The fourth-order valence-corrected chi connectivity index (χ4v) is 3.90. The fourth-order valence-electron chi connectivity index (χ4n) is 3.90. The standard InChI is InChI=1S/C16H19F3N4O2.ClH/c17-16(18,19)11-3-1-2-10(4-11)6-23(12(24)5-22-13(20)25)15-7-14(21,8-15)9-15;/h1-4H,5-9,21H2,(H3,20,22,25);1H. The van der Waals surface area contributed by atoms with Crippen LogP contribution in [0, 0.1) is 0 Å². The van der Waals surface area contributed by atoms with Crippen molar-refractivity contribution in [2.45, 2.75) is 43.1 Å². The first kappa shape index (κ1) is 20.3. The summed E-state index contributed by atoms with van der Waals surface area (Å²) < 4.78 is 38.7. The molecule has 1 aromatic rings. The molecule has 3 amide bonds. The number of carbonyl (C=O) groups is 2. The summed E-state index contributed by atoms with van der Waals surface area (Å²) in [5, 5.41) is 2.23. The second kappa shape index (κ2) is 6.62. The summed E-state index contributed by atoms with van der Waals surface area (Å²) in [6.07, 6.45) is -2.61. The Morgan fingerprint density at radius 3 is 2.35 bits per heavy atom. The molecule has 6 nitrogen and oxygen atoms in total. The van der Waals surface area contributed by atoms with E-state index >= 15 is 0 Å². The minimum Gasteiger partial charge on any atom is -0.352 e. The van der Waals surface area contributed by atoms with Gasteiger partial charge < -0.3 is 21.7 Å². The molecular formula is C16H20ClF3N4O2. The number of alkyl halides is 3. The van der Waals surface area contributed by atoms with E-state index in [0.717, 1.165) is 12.1 Å². The van der Waals surface area contributed by atoms with Crippen LogP contribution in [-0.2, 0) is 17.5 Å². The Hall–Kier alpha value is -2.00. The van der Waals surface area contributed by atoms with Gasteiger partial charge >= 0.3 is 12.2 Å². The predicted octanol–water partition coefficient (Wildman–Crippen LogP) is 1.76. The highest BCUT2D eigenvalue weighted by atomic mass is 35.5. The lowest BCUT2D eigenvalue weighted by molar-refractivity contribution is -0.182. The maximum atomic E-state index is 12.9. The Morgan fingerprint density at radius 2 is 1.85 bits per heavy atom. The maximum Gasteiger partial charge on any atom is 0.416 e. The van der Waals surface area contributed by atoms with Crippen LogP contribution in [0.1, 0.15) is 30.4 Å². The van der Waals surface area contributed by atoms with E-state index in [2.05, 4.69) is 5.32 Å². The number of carbonyl (C=O) groups excluding carboxylic acids is 2. The van der Waals surface area contributed by atoms with E-state index in [1.807, 2.05) is 0 Å². The highest BCUT2D eigenvalue weighted by Crippen LogP contribution is 2.62. The number of hydrogen-bond acceptors (Lipinski definition) is 3. The van der Waals surface area contributed by atoms with E-state index in [-0.39, 0.29) is 31.0 Å². The van der Waals surface area contributed by atoms with Crippen molar-refractivity contribution in [3.05, 3.63) is 35.4 Å². The van der Waals surface area contributed by atoms with Crippen molar-refractivity contribution in [2.75, 3.05) is 6.54 Å². The summed E-state index contributed by atoms with van der Waals surface area (Å²) in [7, 11) is 0. The number of hydrogen-bond donors (Lipinski definition) is 3. The van der Waals surface area contributed by atoms with Crippen LogP contribution in [0.4, 0.5) is 18.0 Å². The molecule has 0 radical (unpaired) electrons. The number of primary amides is 1. The molecule has 5 N–H and O–H groups in total. The summed E-state index contributed by atoms with van der Waals surface area (Å²) in [4.78, 5) is 24.8. The van der Waals surface area contributed by atoms with Gasteiger partial charge in [0.2, 0.25) is 5.91 Å². The average Bonchev–Trinajstić information content (AvgIpc) is 2.46. The molecule has 0 aliphatic heterocycles. The third kappa shape index (κ3) is 3.73. The summed E-state index contributed by atoms with van der Waals surface area (Å²) in [5.74, 6) is -0.391. The topological polar surface area (TPSA) is 101 Å². The second-order valence-electron chi connectivity index (χ2n) is 7.01. The molecule has 26 heavy (non-hydrogen) atoms. The van der Waals surface area contributed by atoms with Crippen molar-refractivity contribution in [1.82, 2.24) is 10.2 Å². The van der Waals surface area contributed by atoms with Gasteiger partial charge in [-0.2, -0.15) is 13.2 Å². The monoisotopic (exact) mass is 392 g/mol. The van der Waals surface area contributed by atoms with E-state index < -0.39 is 29.2 Å². The van der Waals surface area contributed by atoms with Crippen LogP contribution >= 0.6 is 12.4 Å². The van der Waals surface area contributed by atoms with E-state index in [1.165, 1.54) is 11.0 Å². The molecule has 4 rings (SSSR count). The number of nitrogens with one attached hydrogen (secondary N) is 1. The van der Waals surface area contributed by atoms with Crippen molar-refractivity contribution in [3.8, 4) is 0 Å². The van der Waals surface area contributed by atoms with Gasteiger partial charge in [-0.25, -0.2) is 4.79 Å². The summed E-state index contributed by atoms with van der Waals surface area (Å²) >= 11 is 0. The van der Waals surface area contributed by atoms with Crippen LogP contribution in [-0.4, -0.2) is 34.5 Å². The van der Waals surface area contributed by atoms with E-state index in [1.54, 1.807) is 6.07 Å². The fraction of sp³-hybridized carbons (Fsp3) is 0.500. The minimum atomic E-state index is -4.45. The molecule has 0 spiro atoms. The van der Waals surface area contributed by atoms with Crippen molar-refractivity contribution in [2.24, 2.45) is 11.5 Å². The molecule has 144 valence electrons. The van der Waals surface area contributed by atoms with Gasteiger partial charge in [-0.3, -0.25) is 4.79 Å². The first-order chi connectivity index (χ1) is 11.5. The van der Waals surface area contributed by atoms with Gasteiger partial charge in [-0.1, -0.05) is 12.1 Å². The van der Waals surface area contributed by atoms with Gasteiger partial charge in [0.05, 0.1) is 12.1 Å². The summed E-state index contributed by atoms with van der Waals surface area (Å²) in [6.45, 7) is -0.271. The molecule has 0 heterocycles. The van der Waals surface area contributed by atoms with Crippen LogP contribution in [0.5, 0.6) is 0 Å². The SMILES string of the molecule is Cl.NC(=O)NCC(=O)N(Cc1cccc(C(F)(F)F)c1)C12CC(N)(C1)C2. The first-order valence-electron chi connectivity index (χ1n) is 7.82. The molecule has 0 saturated heterocycles. The number of halogens is 4. The zero-order valence-electron chi connectivity index (χ0n) is 13.8. The quantitative estimate of drug-likeness (QED) is 0.711. The van der Waals surface area contributed by atoms with Gasteiger partial charge in [0.25, 0.3) is 0 Å². The molecule has 10 heteroatoms. The van der Waals surface area contributed by atoms with Crippen LogP contribution in [0.25, 0.3) is 0 Å². The molecule has 2 bridgehead atoms. The molecule has 3 aliphatic carbocycles. The Bertz CT molecular complexity index is 706. The van der Waals surface area contributed by atoms with Gasteiger partial charge in [-0.15, -0.1) is 12.4 Å². The normalized spacial score (nSPS) is 26.0. The Kier molecular flexibility index (Phi) is 5.17. The van der Waals surface area contributed by atoms with Crippen molar-refractivity contribution in [3.63, 3.8) is 0 Å². The lowest BCUT2D eigenvalue weighted by atomic mass is 9.44. The molecular weight excluding hydrogens is 373 g/mol. The predicted molar refractivity (Wildman–Crippen MR) is 90.3 cm³/mol. The zero-order valence-corrected chi connectivity index (χ0v) is 14.6. The third-order valence-electron chi connectivity index (χ3n) is 4.93. The molecule has 0 unspecified atom stereocenters. The van der Waals surface area contributed by atoms with Gasteiger partial charge in [-0.05, 0) is 37.0 Å². The maximum absolute atomic E-state index is 12.9. The van der Waals surface area contributed by atoms with Crippen LogP contribution < -0.4 is 16.8 Å². The van der Waals surface area contributed by atoms with Crippen LogP contribution in [0.2, 0.25) is 0 Å². The number of nitrogens with zero attached hydrogens (tertiary/aromatic N) is 1. The first-order valence-corrected chi connectivity index (χ1v) is 7.82. The Morgan fingerprint density at radius 1 is 1.23 bits per heavy atom. The van der Waals surface area contributed by atoms with Gasteiger partial charge in [0.15, 0.2) is 0 Å². The molecule has 3 aliphatic rings. The van der Waals surface area contributed by atoms with Gasteiger partial charge in [0, 0.05) is 17.6 Å². The Balaban J connectivity index is 0.00000243. The van der Waals surface area contributed by atoms with Crippen molar-refractivity contribution >= 4 is 24.3 Å². The zero-order chi connectivity index (χ0) is 18.5. The highest BCUT2D eigenvalue weighted by Gasteiger charge is 2.69. The average molecular weight is 393 g/mol. The lowest BCUT2D eigenvalue weighted by Crippen LogP contribution is -2.82. The molecule has 3 saturated carbocycles. The number of urea groups is 1. The second-order valence-corrected chi connectivity index (χ2v) is 7.01. The van der Waals surface area contributed by atoms with Gasteiger partial charge in [0.1, 0.15) is 0 Å². The molecule has 0 atom stereocenters. The third-order valence-corrected chi connectivity index (χ3v) is 4.93. The number of amides is 3. The largest absolute Gasteiger partial charge is 0.416 e. The smallest absolute Gasteiger partial charge is 0.352 e. The highest BCUT2D eigenvalue weighted by molar-refractivity contribution is 5.85. The van der Waals surface area contributed by atoms with Crippen molar-refractivity contribution in [1.29, 1.82) is 0 Å². The number of benzene rings is 1. The van der Waals surface area contributed by atoms with E-state index in [4.69, 9.17) is 11.5 Å². The number of rotatable bonds is 5.